The van der Waals surface area contributed by atoms with Crippen LogP contribution in [-0.4, -0.2) is 48.1 Å². The molecule has 1 aliphatic rings. The highest BCUT2D eigenvalue weighted by Gasteiger charge is 2.21. The molecule has 5 heteroatoms. The molecule has 0 atom stereocenters. The molecular formula is C15H20N2O3. The van der Waals surface area contributed by atoms with Gasteiger partial charge in [-0.05, 0) is 44.0 Å². The van der Waals surface area contributed by atoms with Gasteiger partial charge in [-0.1, -0.05) is 18.2 Å². The number of imide groups is 1. The van der Waals surface area contributed by atoms with Crippen molar-refractivity contribution >= 4 is 11.8 Å². The van der Waals surface area contributed by atoms with Crippen molar-refractivity contribution in [3.63, 3.8) is 0 Å². The average Bonchev–Trinajstić information content (AvgIpc) is 2.49. The summed E-state index contributed by atoms with van der Waals surface area (Å²) < 4.78 is 0. The van der Waals surface area contributed by atoms with E-state index in [4.69, 9.17) is 5.11 Å². The first-order chi connectivity index (χ1) is 9.69. The molecule has 0 unspecified atom stereocenters. The lowest BCUT2D eigenvalue weighted by molar-refractivity contribution is -0.121. The van der Waals surface area contributed by atoms with E-state index >= 15 is 0 Å². The van der Waals surface area contributed by atoms with E-state index in [9.17, 15) is 9.59 Å². The number of carbonyl (C=O) groups is 2. The molecule has 20 heavy (non-hydrogen) atoms. The van der Waals surface area contributed by atoms with Crippen molar-refractivity contribution in [3.8, 4) is 0 Å². The Bertz CT molecular complexity index is 453. The Morgan fingerprint density at radius 1 is 1.20 bits per heavy atom. The second-order valence-corrected chi connectivity index (χ2v) is 5.15. The van der Waals surface area contributed by atoms with Gasteiger partial charge in [0.05, 0.1) is 6.54 Å². The third kappa shape index (κ3) is 4.15. The number of nitrogens with zero attached hydrogens (tertiary/aromatic N) is 1. The number of benzene rings is 1. The lowest BCUT2D eigenvalue weighted by Crippen LogP contribution is -2.43. The maximum Gasteiger partial charge on any atom is 0.257 e. The standard InChI is InChI=1S/C15H20N2O3/c18-11-12-6-8-17(9-7-12)10-14(19)16-15(20)13-4-2-1-3-5-13/h1-5,12,18H,6-11H2,(H,16,19,20). The molecule has 0 saturated carbocycles. The minimum absolute atomic E-state index is 0.215. The molecule has 2 amide bonds. The Morgan fingerprint density at radius 2 is 1.85 bits per heavy atom. The van der Waals surface area contributed by atoms with Gasteiger partial charge in [-0.15, -0.1) is 0 Å². The van der Waals surface area contributed by atoms with Crippen molar-refractivity contribution in [1.82, 2.24) is 10.2 Å². The van der Waals surface area contributed by atoms with Crippen molar-refractivity contribution in [2.75, 3.05) is 26.2 Å². The van der Waals surface area contributed by atoms with Gasteiger partial charge in [0.25, 0.3) is 5.91 Å². The molecule has 108 valence electrons. The third-order valence-electron chi connectivity index (χ3n) is 3.62. The van der Waals surface area contributed by atoms with Crippen LogP contribution in [-0.2, 0) is 4.79 Å². The molecule has 1 fully saturated rings. The van der Waals surface area contributed by atoms with Crippen molar-refractivity contribution in [2.45, 2.75) is 12.8 Å². The highest BCUT2D eigenvalue weighted by molar-refractivity contribution is 6.05. The Kier molecular flexibility index (Phi) is 5.26. The molecule has 0 aliphatic carbocycles. The molecule has 0 bridgehead atoms. The predicted octanol–water partition coefficient (Wildman–Crippen LogP) is 0.647. The molecule has 2 N–H and O–H groups in total. The van der Waals surface area contributed by atoms with Crippen LogP contribution in [0, 0.1) is 5.92 Å². The van der Waals surface area contributed by atoms with E-state index in [0.29, 0.717) is 11.5 Å². The molecule has 0 aromatic heterocycles. The normalized spacial score (nSPS) is 16.9. The Labute approximate surface area is 118 Å². The number of hydrogen-bond acceptors (Lipinski definition) is 4. The molecule has 2 rings (SSSR count). The fourth-order valence-electron chi connectivity index (χ4n) is 2.36. The van der Waals surface area contributed by atoms with Gasteiger partial charge in [-0.3, -0.25) is 19.8 Å². The monoisotopic (exact) mass is 276 g/mol. The number of likely N-dealkylation sites (tertiary alicyclic amines) is 1. The number of rotatable bonds is 4. The zero-order valence-corrected chi connectivity index (χ0v) is 11.4. The largest absolute Gasteiger partial charge is 0.396 e. The van der Waals surface area contributed by atoms with Gasteiger partial charge in [0.2, 0.25) is 5.91 Å². The summed E-state index contributed by atoms with van der Waals surface area (Å²) in [6.07, 6.45) is 1.80. The Hall–Kier alpha value is -1.72. The quantitative estimate of drug-likeness (QED) is 0.847. The highest BCUT2D eigenvalue weighted by atomic mass is 16.3. The number of piperidine rings is 1. The topological polar surface area (TPSA) is 69.6 Å². The number of carbonyl (C=O) groups excluding carboxylic acids is 2. The van der Waals surface area contributed by atoms with Gasteiger partial charge >= 0.3 is 0 Å². The van der Waals surface area contributed by atoms with Crippen LogP contribution in [0.3, 0.4) is 0 Å². The van der Waals surface area contributed by atoms with Crippen LogP contribution in [0.25, 0.3) is 0 Å². The van der Waals surface area contributed by atoms with E-state index in [1.807, 2.05) is 11.0 Å². The van der Waals surface area contributed by atoms with Crippen LogP contribution < -0.4 is 5.32 Å². The van der Waals surface area contributed by atoms with Crippen LogP contribution >= 0.6 is 0 Å². The lowest BCUT2D eigenvalue weighted by Gasteiger charge is -2.30. The Morgan fingerprint density at radius 3 is 2.45 bits per heavy atom. The number of nitrogens with one attached hydrogen (secondary N) is 1. The molecule has 0 radical (unpaired) electrons. The molecule has 1 heterocycles. The van der Waals surface area contributed by atoms with E-state index in [2.05, 4.69) is 5.32 Å². The summed E-state index contributed by atoms with van der Waals surface area (Å²) in [7, 11) is 0. The fourth-order valence-corrected chi connectivity index (χ4v) is 2.36. The summed E-state index contributed by atoms with van der Waals surface area (Å²) in [6.45, 7) is 2.03. The summed E-state index contributed by atoms with van der Waals surface area (Å²) in [5, 5.41) is 11.5. The first-order valence-electron chi connectivity index (χ1n) is 6.91. The van der Waals surface area contributed by atoms with Crippen LogP contribution in [0.4, 0.5) is 0 Å². The fraction of sp³-hybridized carbons (Fsp3) is 0.467. The zero-order chi connectivity index (χ0) is 14.4. The first kappa shape index (κ1) is 14.7. The van der Waals surface area contributed by atoms with E-state index in [0.717, 1.165) is 25.9 Å². The van der Waals surface area contributed by atoms with E-state index in [-0.39, 0.29) is 25.0 Å². The molecule has 0 spiro atoms. The summed E-state index contributed by atoms with van der Waals surface area (Å²) >= 11 is 0. The maximum absolute atomic E-state index is 11.8. The maximum atomic E-state index is 11.8. The SMILES string of the molecule is O=C(CN1CCC(CO)CC1)NC(=O)c1ccccc1. The molecule has 1 aromatic carbocycles. The zero-order valence-electron chi connectivity index (χ0n) is 11.4. The summed E-state index contributed by atoms with van der Waals surface area (Å²) in [5.41, 5.74) is 0.486. The summed E-state index contributed by atoms with van der Waals surface area (Å²) in [6, 6.07) is 8.70. The van der Waals surface area contributed by atoms with Crippen LogP contribution in [0.15, 0.2) is 30.3 Å². The van der Waals surface area contributed by atoms with Gasteiger partial charge < -0.3 is 5.11 Å². The number of aliphatic hydroxyl groups excluding tert-OH is 1. The van der Waals surface area contributed by atoms with Gasteiger partial charge in [0.1, 0.15) is 0 Å². The van der Waals surface area contributed by atoms with Crippen molar-refractivity contribution < 1.29 is 14.7 Å². The molecule has 1 saturated heterocycles. The van der Waals surface area contributed by atoms with Gasteiger partial charge in [-0.25, -0.2) is 0 Å². The minimum Gasteiger partial charge on any atom is -0.396 e. The van der Waals surface area contributed by atoms with Crippen molar-refractivity contribution in [1.29, 1.82) is 0 Å². The molecule has 5 nitrogen and oxygen atoms in total. The smallest absolute Gasteiger partial charge is 0.257 e. The van der Waals surface area contributed by atoms with E-state index < -0.39 is 0 Å². The van der Waals surface area contributed by atoms with Crippen molar-refractivity contribution in [3.05, 3.63) is 35.9 Å². The van der Waals surface area contributed by atoms with Gasteiger partial charge in [-0.2, -0.15) is 0 Å². The highest BCUT2D eigenvalue weighted by Crippen LogP contribution is 2.15. The van der Waals surface area contributed by atoms with Crippen LogP contribution in [0.1, 0.15) is 23.2 Å². The number of aliphatic hydroxyl groups is 1. The second-order valence-electron chi connectivity index (χ2n) is 5.15. The van der Waals surface area contributed by atoms with Crippen molar-refractivity contribution in [2.24, 2.45) is 5.92 Å². The summed E-state index contributed by atoms with van der Waals surface area (Å²) in [5.74, 6) is -0.289. The summed E-state index contributed by atoms with van der Waals surface area (Å²) in [4.78, 5) is 25.6. The second kappa shape index (κ2) is 7.17. The molecule has 1 aliphatic heterocycles. The molecule has 1 aromatic rings. The van der Waals surface area contributed by atoms with E-state index in [1.165, 1.54) is 0 Å². The van der Waals surface area contributed by atoms with E-state index in [1.54, 1.807) is 24.3 Å². The van der Waals surface area contributed by atoms with Crippen LogP contribution in [0.5, 0.6) is 0 Å². The predicted molar refractivity (Wildman–Crippen MR) is 75.2 cm³/mol. The minimum atomic E-state index is -0.360. The third-order valence-corrected chi connectivity index (χ3v) is 3.62. The average molecular weight is 276 g/mol. The lowest BCUT2D eigenvalue weighted by atomic mass is 9.98. The van der Waals surface area contributed by atoms with Gasteiger partial charge in [0.15, 0.2) is 0 Å². The Balaban J connectivity index is 1.77. The van der Waals surface area contributed by atoms with Gasteiger partial charge in [0, 0.05) is 12.2 Å². The molecular weight excluding hydrogens is 256 g/mol. The first-order valence-corrected chi connectivity index (χ1v) is 6.91. The van der Waals surface area contributed by atoms with Crippen LogP contribution in [0.2, 0.25) is 0 Å². The number of hydrogen-bond donors (Lipinski definition) is 2. The number of amides is 2.